The van der Waals surface area contributed by atoms with Crippen LogP contribution in [0.4, 0.5) is 0 Å². The minimum atomic E-state index is 0.407. The molecule has 1 aromatic carbocycles. The maximum atomic E-state index is 6.26. The summed E-state index contributed by atoms with van der Waals surface area (Å²) in [5, 5.41) is 5.05. The highest BCUT2D eigenvalue weighted by atomic mass is 35.5. The molecule has 19 heavy (non-hydrogen) atoms. The Morgan fingerprint density at radius 1 is 1.32 bits per heavy atom. The Balaban J connectivity index is 2.07. The summed E-state index contributed by atoms with van der Waals surface area (Å²) >= 11 is 6.26. The van der Waals surface area contributed by atoms with Gasteiger partial charge in [-0.2, -0.15) is 5.10 Å². The van der Waals surface area contributed by atoms with E-state index in [-0.39, 0.29) is 0 Å². The quantitative estimate of drug-likeness (QED) is 0.915. The molecule has 1 heterocycles. The molecule has 0 amide bonds. The van der Waals surface area contributed by atoms with Crippen molar-refractivity contribution in [1.82, 2.24) is 9.78 Å². The average molecular weight is 280 g/mol. The van der Waals surface area contributed by atoms with Gasteiger partial charge >= 0.3 is 0 Å². The molecule has 0 bridgehead atoms. The van der Waals surface area contributed by atoms with E-state index in [0.717, 1.165) is 29.1 Å². The second-order valence-electron chi connectivity index (χ2n) is 4.32. The third-order valence-electron chi connectivity index (χ3n) is 3.04. The predicted molar refractivity (Wildman–Crippen MR) is 76.3 cm³/mol. The smallest absolute Gasteiger partial charge is 0.131 e. The van der Waals surface area contributed by atoms with Crippen molar-refractivity contribution in [3.05, 3.63) is 46.2 Å². The third-order valence-corrected chi connectivity index (χ3v) is 3.47. The summed E-state index contributed by atoms with van der Waals surface area (Å²) in [6.07, 6.45) is 0.817. The summed E-state index contributed by atoms with van der Waals surface area (Å²) in [5.41, 5.74) is 8.43. The van der Waals surface area contributed by atoms with Crippen molar-refractivity contribution in [2.75, 3.05) is 0 Å². The van der Waals surface area contributed by atoms with Gasteiger partial charge in [0, 0.05) is 13.6 Å². The number of benzene rings is 1. The van der Waals surface area contributed by atoms with Crippen LogP contribution in [0.5, 0.6) is 5.75 Å². The van der Waals surface area contributed by atoms with Gasteiger partial charge in [-0.15, -0.1) is 0 Å². The predicted octanol–water partition coefficient (Wildman–Crippen LogP) is 2.67. The van der Waals surface area contributed by atoms with Crippen LogP contribution in [0.25, 0.3) is 0 Å². The SMILES string of the molecule is CCc1nn(C)c(COc2ccc(CN)cc2)c1Cl. The van der Waals surface area contributed by atoms with Crippen LogP contribution in [-0.4, -0.2) is 9.78 Å². The molecule has 0 fully saturated rings. The molecular formula is C14H18ClN3O. The number of aryl methyl sites for hydroxylation is 2. The van der Waals surface area contributed by atoms with Crippen LogP contribution in [0.15, 0.2) is 24.3 Å². The van der Waals surface area contributed by atoms with Crippen molar-refractivity contribution < 1.29 is 4.74 Å². The molecule has 2 N–H and O–H groups in total. The summed E-state index contributed by atoms with van der Waals surface area (Å²) in [6.45, 7) is 2.97. The molecular weight excluding hydrogens is 262 g/mol. The minimum absolute atomic E-state index is 0.407. The van der Waals surface area contributed by atoms with Crippen LogP contribution >= 0.6 is 11.6 Å². The number of aromatic nitrogens is 2. The van der Waals surface area contributed by atoms with Gasteiger partial charge in [0.2, 0.25) is 0 Å². The lowest BCUT2D eigenvalue weighted by molar-refractivity contribution is 0.295. The summed E-state index contributed by atoms with van der Waals surface area (Å²) < 4.78 is 7.50. The van der Waals surface area contributed by atoms with Crippen molar-refractivity contribution in [2.45, 2.75) is 26.5 Å². The van der Waals surface area contributed by atoms with Crippen molar-refractivity contribution in [1.29, 1.82) is 0 Å². The Labute approximate surface area is 118 Å². The number of nitrogens with two attached hydrogens (primary N) is 1. The molecule has 0 atom stereocenters. The first-order valence-electron chi connectivity index (χ1n) is 6.27. The van der Waals surface area contributed by atoms with E-state index < -0.39 is 0 Å². The van der Waals surface area contributed by atoms with Gasteiger partial charge < -0.3 is 10.5 Å². The normalized spacial score (nSPS) is 10.7. The van der Waals surface area contributed by atoms with E-state index in [4.69, 9.17) is 22.1 Å². The second kappa shape index (κ2) is 6.08. The monoisotopic (exact) mass is 279 g/mol. The molecule has 0 saturated heterocycles. The van der Waals surface area contributed by atoms with E-state index in [1.807, 2.05) is 38.2 Å². The van der Waals surface area contributed by atoms with Crippen molar-refractivity contribution >= 4 is 11.6 Å². The van der Waals surface area contributed by atoms with E-state index >= 15 is 0 Å². The van der Waals surface area contributed by atoms with Gasteiger partial charge in [0.1, 0.15) is 12.4 Å². The van der Waals surface area contributed by atoms with E-state index in [2.05, 4.69) is 5.10 Å². The van der Waals surface area contributed by atoms with Gasteiger partial charge in [0.25, 0.3) is 0 Å². The fourth-order valence-corrected chi connectivity index (χ4v) is 2.20. The van der Waals surface area contributed by atoms with Gasteiger partial charge in [-0.1, -0.05) is 30.7 Å². The standard InChI is InChI=1S/C14H18ClN3O/c1-3-12-14(15)13(18(2)17-12)9-19-11-6-4-10(8-16)5-7-11/h4-7H,3,8-9,16H2,1-2H3. The number of hydrogen-bond acceptors (Lipinski definition) is 3. The Hall–Kier alpha value is -1.52. The summed E-state index contributed by atoms with van der Waals surface area (Å²) in [6, 6.07) is 7.73. The maximum absolute atomic E-state index is 6.26. The molecule has 5 heteroatoms. The zero-order chi connectivity index (χ0) is 13.8. The largest absolute Gasteiger partial charge is 0.487 e. The number of hydrogen-bond donors (Lipinski definition) is 1. The Morgan fingerprint density at radius 3 is 2.53 bits per heavy atom. The van der Waals surface area contributed by atoms with Crippen molar-refractivity contribution in [2.24, 2.45) is 12.8 Å². The Bertz CT molecular complexity index is 549. The Morgan fingerprint density at radius 2 is 2.00 bits per heavy atom. The van der Waals surface area contributed by atoms with E-state index in [0.29, 0.717) is 18.2 Å². The van der Waals surface area contributed by atoms with Crippen LogP contribution in [0.1, 0.15) is 23.9 Å². The zero-order valence-corrected chi connectivity index (χ0v) is 11.9. The van der Waals surface area contributed by atoms with E-state index in [1.54, 1.807) is 4.68 Å². The van der Waals surface area contributed by atoms with Gasteiger partial charge in [-0.25, -0.2) is 0 Å². The lowest BCUT2D eigenvalue weighted by Crippen LogP contribution is -2.03. The summed E-state index contributed by atoms with van der Waals surface area (Å²) in [7, 11) is 1.88. The maximum Gasteiger partial charge on any atom is 0.131 e. The molecule has 4 nitrogen and oxygen atoms in total. The highest BCUT2D eigenvalue weighted by Gasteiger charge is 2.13. The molecule has 0 aliphatic carbocycles. The topological polar surface area (TPSA) is 53.1 Å². The molecule has 1 aromatic heterocycles. The number of ether oxygens (including phenoxy) is 1. The molecule has 2 rings (SSSR count). The zero-order valence-electron chi connectivity index (χ0n) is 11.2. The fraction of sp³-hybridized carbons (Fsp3) is 0.357. The van der Waals surface area contributed by atoms with Crippen LogP contribution < -0.4 is 10.5 Å². The first kappa shape index (κ1) is 13.9. The van der Waals surface area contributed by atoms with Gasteiger partial charge in [-0.05, 0) is 24.1 Å². The number of nitrogens with zero attached hydrogens (tertiary/aromatic N) is 2. The second-order valence-corrected chi connectivity index (χ2v) is 4.70. The molecule has 0 unspecified atom stereocenters. The van der Waals surface area contributed by atoms with Crippen LogP contribution in [0.3, 0.4) is 0 Å². The highest BCUT2D eigenvalue weighted by Crippen LogP contribution is 2.22. The fourth-order valence-electron chi connectivity index (χ4n) is 1.85. The number of rotatable bonds is 5. The molecule has 0 aliphatic rings. The van der Waals surface area contributed by atoms with E-state index in [1.165, 1.54) is 0 Å². The van der Waals surface area contributed by atoms with Crippen LogP contribution in [0, 0.1) is 0 Å². The van der Waals surface area contributed by atoms with Gasteiger partial charge in [-0.3, -0.25) is 4.68 Å². The summed E-state index contributed by atoms with van der Waals surface area (Å²) in [5.74, 6) is 0.799. The molecule has 102 valence electrons. The lowest BCUT2D eigenvalue weighted by atomic mass is 10.2. The molecule has 0 spiro atoms. The average Bonchev–Trinajstić information content (AvgIpc) is 2.72. The first-order valence-corrected chi connectivity index (χ1v) is 6.65. The molecule has 0 radical (unpaired) electrons. The minimum Gasteiger partial charge on any atom is -0.487 e. The third kappa shape index (κ3) is 3.08. The highest BCUT2D eigenvalue weighted by molar-refractivity contribution is 6.31. The van der Waals surface area contributed by atoms with Gasteiger partial charge in [0.05, 0.1) is 16.4 Å². The van der Waals surface area contributed by atoms with Crippen molar-refractivity contribution in [3.8, 4) is 5.75 Å². The molecule has 0 saturated carbocycles. The Kier molecular flexibility index (Phi) is 4.45. The molecule has 0 aliphatic heterocycles. The van der Waals surface area contributed by atoms with Gasteiger partial charge in [0.15, 0.2) is 0 Å². The van der Waals surface area contributed by atoms with Crippen molar-refractivity contribution in [3.63, 3.8) is 0 Å². The lowest BCUT2D eigenvalue weighted by Gasteiger charge is -2.07. The number of halogens is 1. The summed E-state index contributed by atoms with van der Waals surface area (Å²) in [4.78, 5) is 0. The molecule has 2 aromatic rings. The van der Waals surface area contributed by atoms with E-state index in [9.17, 15) is 0 Å². The van der Waals surface area contributed by atoms with Crippen LogP contribution in [0.2, 0.25) is 5.02 Å². The van der Waals surface area contributed by atoms with Crippen LogP contribution in [-0.2, 0) is 26.6 Å². The first-order chi connectivity index (χ1) is 9.15.